The van der Waals surface area contributed by atoms with E-state index < -0.39 is 0 Å². The monoisotopic (exact) mass is 292 g/mol. The molecule has 0 bridgehead atoms. The van der Waals surface area contributed by atoms with E-state index in [0.717, 1.165) is 0 Å². The normalized spacial score (nSPS) is 10.9. The Morgan fingerprint density at radius 1 is 1.14 bits per heavy atom. The van der Waals surface area contributed by atoms with Crippen LogP contribution in [-0.2, 0) is 4.79 Å². The Morgan fingerprint density at radius 3 is 2.43 bits per heavy atom. The Kier molecular flexibility index (Phi) is 6.21. The number of carbonyl (C=O) groups excluding carboxylic acids is 2. The first-order valence-electron chi connectivity index (χ1n) is 7.01. The van der Waals surface area contributed by atoms with Crippen LogP contribution in [0.25, 0.3) is 0 Å². The lowest BCUT2D eigenvalue weighted by Gasteiger charge is -2.17. The fourth-order valence-electron chi connectivity index (χ4n) is 1.79. The van der Waals surface area contributed by atoms with Crippen molar-refractivity contribution < 1.29 is 14.3 Å². The van der Waals surface area contributed by atoms with Gasteiger partial charge in [0.15, 0.2) is 0 Å². The molecular weight excluding hydrogens is 268 g/mol. The molecule has 1 aromatic rings. The molecule has 0 fully saturated rings. The summed E-state index contributed by atoms with van der Waals surface area (Å²) in [7, 11) is 1.56. The van der Waals surface area contributed by atoms with Crippen LogP contribution in [0.15, 0.2) is 24.3 Å². The second-order valence-electron chi connectivity index (χ2n) is 6.08. The number of carbonyl (C=O) groups is 2. The molecule has 0 saturated carbocycles. The molecule has 0 heterocycles. The second kappa shape index (κ2) is 7.67. The first-order chi connectivity index (χ1) is 9.81. The highest BCUT2D eigenvalue weighted by Crippen LogP contribution is 2.17. The molecule has 0 aliphatic heterocycles. The van der Waals surface area contributed by atoms with Crippen LogP contribution < -0.4 is 15.4 Å². The van der Waals surface area contributed by atoms with Crippen LogP contribution >= 0.6 is 0 Å². The third-order valence-electron chi connectivity index (χ3n) is 2.76. The molecule has 0 spiro atoms. The van der Waals surface area contributed by atoms with Crippen molar-refractivity contribution in [3.8, 4) is 5.75 Å². The minimum atomic E-state index is -0.182. The first-order valence-corrected chi connectivity index (χ1v) is 7.01. The minimum Gasteiger partial charge on any atom is -0.497 e. The number of hydrogen-bond acceptors (Lipinski definition) is 3. The zero-order valence-electron chi connectivity index (χ0n) is 13.2. The third-order valence-corrected chi connectivity index (χ3v) is 2.76. The van der Waals surface area contributed by atoms with Crippen LogP contribution in [0.5, 0.6) is 5.75 Å². The van der Waals surface area contributed by atoms with Crippen molar-refractivity contribution >= 4 is 11.8 Å². The molecular formula is C16H24N2O3. The van der Waals surface area contributed by atoms with Gasteiger partial charge in [0.2, 0.25) is 5.91 Å². The van der Waals surface area contributed by atoms with Gasteiger partial charge in [-0.15, -0.1) is 0 Å². The number of hydrogen-bond donors (Lipinski definition) is 2. The lowest BCUT2D eigenvalue weighted by Crippen LogP contribution is -2.35. The van der Waals surface area contributed by atoms with Crippen LogP contribution in [0.3, 0.4) is 0 Å². The van der Waals surface area contributed by atoms with Crippen molar-refractivity contribution in [2.45, 2.75) is 27.2 Å². The highest BCUT2D eigenvalue weighted by atomic mass is 16.5. The van der Waals surface area contributed by atoms with Crippen LogP contribution in [0.1, 0.15) is 37.6 Å². The molecule has 0 aliphatic rings. The van der Waals surface area contributed by atoms with Crippen molar-refractivity contribution in [3.05, 3.63) is 29.8 Å². The van der Waals surface area contributed by atoms with Crippen LogP contribution in [0.2, 0.25) is 0 Å². The number of amides is 2. The third kappa shape index (κ3) is 6.79. The van der Waals surface area contributed by atoms with Gasteiger partial charge in [-0.05, 0) is 23.6 Å². The fourth-order valence-corrected chi connectivity index (χ4v) is 1.79. The molecule has 0 radical (unpaired) electrons. The SMILES string of the molecule is COc1cccc(C(=O)NCCNC(=O)CC(C)(C)C)c1. The van der Waals surface area contributed by atoms with Crippen molar-refractivity contribution in [1.29, 1.82) is 0 Å². The summed E-state index contributed by atoms with van der Waals surface area (Å²) in [6.45, 7) is 6.85. The summed E-state index contributed by atoms with van der Waals surface area (Å²) in [6, 6.07) is 6.94. The summed E-state index contributed by atoms with van der Waals surface area (Å²) in [5, 5.41) is 5.55. The molecule has 0 unspecified atom stereocenters. The molecule has 0 aromatic heterocycles. The Balaban J connectivity index is 2.32. The molecule has 0 saturated heterocycles. The second-order valence-corrected chi connectivity index (χ2v) is 6.08. The molecule has 5 nitrogen and oxygen atoms in total. The molecule has 2 N–H and O–H groups in total. The van der Waals surface area contributed by atoms with Gasteiger partial charge in [0.25, 0.3) is 5.91 Å². The number of nitrogens with one attached hydrogen (secondary N) is 2. The van der Waals surface area contributed by atoms with Gasteiger partial charge in [-0.2, -0.15) is 0 Å². The van der Waals surface area contributed by atoms with E-state index in [4.69, 9.17) is 4.74 Å². The lowest BCUT2D eigenvalue weighted by atomic mass is 9.92. The van der Waals surface area contributed by atoms with Gasteiger partial charge in [-0.1, -0.05) is 26.8 Å². The van der Waals surface area contributed by atoms with Crippen LogP contribution in [0, 0.1) is 5.41 Å². The van der Waals surface area contributed by atoms with Gasteiger partial charge in [0, 0.05) is 25.1 Å². The van der Waals surface area contributed by atoms with E-state index in [1.165, 1.54) is 0 Å². The first kappa shape index (κ1) is 17.0. The van der Waals surface area contributed by atoms with E-state index in [1.807, 2.05) is 20.8 Å². The van der Waals surface area contributed by atoms with Gasteiger partial charge < -0.3 is 15.4 Å². The molecule has 0 atom stereocenters. The maximum absolute atomic E-state index is 11.9. The molecule has 21 heavy (non-hydrogen) atoms. The van der Waals surface area contributed by atoms with Gasteiger partial charge in [-0.25, -0.2) is 0 Å². The molecule has 1 aromatic carbocycles. The Bertz CT molecular complexity index is 493. The number of ether oxygens (including phenoxy) is 1. The largest absolute Gasteiger partial charge is 0.497 e. The van der Waals surface area contributed by atoms with Gasteiger partial charge in [-0.3, -0.25) is 9.59 Å². The highest BCUT2D eigenvalue weighted by Gasteiger charge is 2.15. The van der Waals surface area contributed by atoms with Gasteiger partial charge >= 0.3 is 0 Å². The standard InChI is InChI=1S/C16H24N2O3/c1-16(2,3)11-14(19)17-8-9-18-15(20)12-6-5-7-13(10-12)21-4/h5-7,10H,8-9,11H2,1-4H3,(H,17,19)(H,18,20). The van der Waals surface area contributed by atoms with Gasteiger partial charge in [0.1, 0.15) is 5.75 Å². The molecule has 116 valence electrons. The van der Waals surface area contributed by atoms with Crippen molar-refractivity contribution in [2.24, 2.45) is 5.41 Å². The molecule has 1 rings (SSSR count). The minimum absolute atomic E-state index is 0.00173. The van der Waals surface area contributed by atoms with Crippen molar-refractivity contribution in [3.63, 3.8) is 0 Å². The van der Waals surface area contributed by atoms with Crippen molar-refractivity contribution in [2.75, 3.05) is 20.2 Å². The molecule has 5 heteroatoms. The molecule has 0 aliphatic carbocycles. The van der Waals surface area contributed by atoms with E-state index in [0.29, 0.717) is 30.8 Å². The van der Waals surface area contributed by atoms with E-state index in [-0.39, 0.29) is 17.2 Å². The van der Waals surface area contributed by atoms with E-state index in [9.17, 15) is 9.59 Å². The van der Waals surface area contributed by atoms with Crippen LogP contribution in [-0.4, -0.2) is 32.0 Å². The topological polar surface area (TPSA) is 67.4 Å². The van der Waals surface area contributed by atoms with E-state index >= 15 is 0 Å². The summed E-state index contributed by atoms with van der Waals surface area (Å²) < 4.78 is 5.07. The zero-order valence-corrected chi connectivity index (χ0v) is 13.2. The maximum atomic E-state index is 11.9. The van der Waals surface area contributed by atoms with Crippen LogP contribution in [0.4, 0.5) is 0 Å². The number of methoxy groups -OCH3 is 1. The summed E-state index contributed by atoms with van der Waals surface area (Å²) >= 11 is 0. The summed E-state index contributed by atoms with van der Waals surface area (Å²) in [5.74, 6) is 0.457. The smallest absolute Gasteiger partial charge is 0.251 e. The fraction of sp³-hybridized carbons (Fsp3) is 0.500. The average molecular weight is 292 g/mol. The predicted molar refractivity (Wildman–Crippen MR) is 82.4 cm³/mol. The maximum Gasteiger partial charge on any atom is 0.251 e. The average Bonchev–Trinajstić information content (AvgIpc) is 2.41. The van der Waals surface area contributed by atoms with Crippen molar-refractivity contribution in [1.82, 2.24) is 10.6 Å². The predicted octanol–water partition coefficient (Wildman–Crippen LogP) is 1.98. The Hall–Kier alpha value is -2.04. The molecule has 2 amide bonds. The number of benzene rings is 1. The summed E-state index contributed by atoms with van der Waals surface area (Å²) in [4.78, 5) is 23.5. The summed E-state index contributed by atoms with van der Waals surface area (Å²) in [5.41, 5.74) is 0.504. The Morgan fingerprint density at radius 2 is 1.81 bits per heavy atom. The Labute approximate surface area is 126 Å². The quantitative estimate of drug-likeness (QED) is 0.788. The van der Waals surface area contributed by atoms with Gasteiger partial charge in [0.05, 0.1) is 7.11 Å². The van der Waals surface area contributed by atoms with E-state index in [2.05, 4.69) is 10.6 Å². The lowest BCUT2D eigenvalue weighted by molar-refractivity contribution is -0.122. The zero-order chi connectivity index (χ0) is 15.9. The summed E-state index contributed by atoms with van der Waals surface area (Å²) in [6.07, 6.45) is 0.469. The van der Waals surface area contributed by atoms with E-state index in [1.54, 1.807) is 31.4 Å². The number of rotatable bonds is 6. The highest BCUT2D eigenvalue weighted by molar-refractivity contribution is 5.94.